The zero-order chi connectivity index (χ0) is 23.7. The minimum Gasteiger partial charge on any atom is -0.381 e. The number of aromatic nitrogens is 1. The van der Waals surface area contributed by atoms with Gasteiger partial charge in [0, 0.05) is 57.0 Å². The summed E-state index contributed by atoms with van der Waals surface area (Å²) >= 11 is 0. The summed E-state index contributed by atoms with van der Waals surface area (Å²) in [6.45, 7) is 6.29. The summed E-state index contributed by atoms with van der Waals surface area (Å²) in [4.78, 5) is 28.1. The van der Waals surface area contributed by atoms with Gasteiger partial charge < -0.3 is 14.2 Å². The fraction of sp³-hybridized carbons (Fsp3) is 0.615. The summed E-state index contributed by atoms with van der Waals surface area (Å²) in [6.07, 6.45) is 6.14. The second kappa shape index (κ2) is 9.85. The van der Waals surface area contributed by atoms with Crippen LogP contribution in [0.3, 0.4) is 0 Å². The van der Waals surface area contributed by atoms with Crippen LogP contribution in [0.25, 0.3) is 10.9 Å². The zero-order valence-electron chi connectivity index (χ0n) is 20.4. The molecule has 0 bridgehead atoms. The molecule has 1 aromatic heterocycles. The number of carbonyl (C=O) groups excluding carboxylic acids is 2. The molecule has 0 spiro atoms. The van der Waals surface area contributed by atoms with E-state index in [9.17, 15) is 14.8 Å². The summed E-state index contributed by atoms with van der Waals surface area (Å²) in [6, 6.07) is 3.64. The molecule has 1 N–H and O–H groups in total. The topological polar surface area (TPSA) is 75.0 Å². The maximum Gasteiger partial charge on any atom is 0.279 e. The fourth-order valence-electron chi connectivity index (χ4n) is 5.77. The largest absolute Gasteiger partial charge is 0.381 e. The summed E-state index contributed by atoms with van der Waals surface area (Å²) in [7, 11) is 3.80. The fourth-order valence-corrected chi connectivity index (χ4v) is 5.77. The van der Waals surface area contributed by atoms with Gasteiger partial charge in [0.2, 0.25) is 0 Å². The van der Waals surface area contributed by atoms with Gasteiger partial charge >= 0.3 is 0 Å². The molecular weight excluding hydrogens is 418 g/mol. The van der Waals surface area contributed by atoms with E-state index in [2.05, 4.69) is 4.57 Å². The third-order valence-corrected chi connectivity index (χ3v) is 7.59. The van der Waals surface area contributed by atoms with Crippen LogP contribution in [0.15, 0.2) is 12.1 Å². The first-order valence-corrected chi connectivity index (χ1v) is 12.3. The van der Waals surface area contributed by atoms with E-state index in [1.54, 1.807) is 24.9 Å². The van der Waals surface area contributed by atoms with E-state index >= 15 is 0 Å². The highest BCUT2D eigenvalue weighted by Crippen LogP contribution is 2.40. The van der Waals surface area contributed by atoms with Gasteiger partial charge in [0.05, 0.1) is 11.1 Å². The first kappa shape index (κ1) is 23.8. The standard InChI is InChI=1S/C26H37N3O4/c1-5-11-27(3)25(30)19-15-21-20-14-18(17-9-12-33-13-10-17)7-8-23(20)28(4)24(21)22(16-19)26(31)29(32)6-2/h15-18,32H,5-14H2,1-4H3. The number of hydrogen-bond acceptors (Lipinski definition) is 4. The van der Waals surface area contributed by atoms with Crippen LogP contribution in [0.2, 0.25) is 0 Å². The van der Waals surface area contributed by atoms with E-state index in [0.717, 1.165) is 67.7 Å². The zero-order valence-corrected chi connectivity index (χ0v) is 20.4. The number of fused-ring (bicyclic) bond motifs is 3. The molecule has 2 aromatic rings. The summed E-state index contributed by atoms with van der Waals surface area (Å²) < 4.78 is 7.70. The quantitative estimate of drug-likeness (QED) is 0.527. The number of benzene rings is 1. The van der Waals surface area contributed by atoms with E-state index in [-0.39, 0.29) is 12.5 Å². The van der Waals surface area contributed by atoms with Crippen molar-refractivity contribution in [3.8, 4) is 0 Å². The molecule has 1 aromatic carbocycles. The highest BCUT2D eigenvalue weighted by molar-refractivity contribution is 6.10. The average Bonchev–Trinajstić information content (AvgIpc) is 3.14. The predicted octanol–water partition coefficient (Wildman–Crippen LogP) is 4.04. The summed E-state index contributed by atoms with van der Waals surface area (Å²) in [5, 5.41) is 11.9. The number of nitrogens with zero attached hydrogens (tertiary/aromatic N) is 3. The van der Waals surface area contributed by atoms with Crippen molar-refractivity contribution >= 4 is 22.7 Å². The smallest absolute Gasteiger partial charge is 0.279 e. The van der Waals surface area contributed by atoms with E-state index in [0.29, 0.717) is 29.5 Å². The van der Waals surface area contributed by atoms with Gasteiger partial charge in [-0.05, 0) is 75.0 Å². The van der Waals surface area contributed by atoms with Crippen LogP contribution in [0.4, 0.5) is 0 Å². The highest BCUT2D eigenvalue weighted by atomic mass is 16.5. The maximum atomic E-state index is 13.2. The Hall–Kier alpha value is -2.38. The minimum atomic E-state index is -0.464. The lowest BCUT2D eigenvalue weighted by Crippen LogP contribution is -2.29. The van der Waals surface area contributed by atoms with Crippen molar-refractivity contribution in [2.45, 2.75) is 52.4 Å². The maximum absolute atomic E-state index is 13.2. The molecule has 2 heterocycles. The highest BCUT2D eigenvalue weighted by Gasteiger charge is 2.32. The lowest BCUT2D eigenvalue weighted by molar-refractivity contribution is -0.0540. The summed E-state index contributed by atoms with van der Waals surface area (Å²) in [5.74, 6) is 0.701. The number of hydrogen-bond donors (Lipinski definition) is 1. The third kappa shape index (κ3) is 4.41. The molecule has 7 nitrogen and oxygen atoms in total. The Morgan fingerprint density at radius 1 is 1.12 bits per heavy atom. The number of carbonyl (C=O) groups is 2. The Kier molecular flexibility index (Phi) is 7.10. The molecule has 1 unspecified atom stereocenters. The van der Waals surface area contributed by atoms with Crippen molar-refractivity contribution in [3.05, 3.63) is 34.5 Å². The van der Waals surface area contributed by atoms with Gasteiger partial charge in [-0.2, -0.15) is 0 Å². The van der Waals surface area contributed by atoms with Crippen molar-refractivity contribution < 1.29 is 19.5 Å². The van der Waals surface area contributed by atoms with Crippen LogP contribution in [0, 0.1) is 11.8 Å². The molecule has 2 aliphatic rings. The van der Waals surface area contributed by atoms with Crippen LogP contribution in [0.5, 0.6) is 0 Å². The number of amides is 2. The van der Waals surface area contributed by atoms with Crippen LogP contribution in [0.1, 0.15) is 71.5 Å². The first-order valence-electron chi connectivity index (χ1n) is 12.3. The number of aryl methyl sites for hydroxylation is 1. The van der Waals surface area contributed by atoms with E-state index in [1.807, 2.05) is 20.0 Å². The molecule has 1 fully saturated rings. The van der Waals surface area contributed by atoms with Crippen LogP contribution >= 0.6 is 0 Å². The lowest BCUT2D eigenvalue weighted by Gasteiger charge is -2.33. The van der Waals surface area contributed by atoms with Crippen molar-refractivity contribution in [1.82, 2.24) is 14.5 Å². The molecule has 7 heteroatoms. The Labute approximate surface area is 196 Å². The molecule has 1 aliphatic carbocycles. The van der Waals surface area contributed by atoms with Crippen molar-refractivity contribution in [1.29, 1.82) is 0 Å². The molecule has 1 saturated heterocycles. The Morgan fingerprint density at radius 3 is 2.52 bits per heavy atom. The Morgan fingerprint density at radius 2 is 1.85 bits per heavy atom. The second-order valence-corrected chi connectivity index (χ2v) is 9.60. The van der Waals surface area contributed by atoms with Gasteiger partial charge in [0.15, 0.2) is 0 Å². The van der Waals surface area contributed by atoms with E-state index in [4.69, 9.17) is 4.74 Å². The van der Waals surface area contributed by atoms with Gasteiger partial charge in [-0.3, -0.25) is 14.8 Å². The van der Waals surface area contributed by atoms with Gasteiger partial charge in [-0.15, -0.1) is 0 Å². The van der Waals surface area contributed by atoms with E-state index < -0.39 is 5.91 Å². The van der Waals surface area contributed by atoms with Crippen LogP contribution in [-0.2, 0) is 24.6 Å². The molecule has 0 saturated carbocycles. The van der Waals surface area contributed by atoms with Gasteiger partial charge in [0.1, 0.15) is 0 Å². The normalized spacial score (nSPS) is 18.9. The number of hydroxylamine groups is 2. The first-order chi connectivity index (χ1) is 15.9. The molecule has 0 radical (unpaired) electrons. The number of rotatable bonds is 6. The number of ether oxygens (including phenoxy) is 1. The van der Waals surface area contributed by atoms with Crippen molar-refractivity contribution in [2.75, 3.05) is 33.4 Å². The van der Waals surface area contributed by atoms with Gasteiger partial charge in [-0.25, -0.2) is 5.06 Å². The van der Waals surface area contributed by atoms with Gasteiger partial charge in [-0.1, -0.05) is 6.92 Å². The molecule has 4 rings (SSSR count). The molecular formula is C26H37N3O4. The minimum absolute atomic E-state index is 0.0943. The molecule has 1 aliphatic heterocycles. The predicted molar refractivity (Wildman–Crippen MR) is 128 cm³/mol. The molecule has 2 amide bonds. The van der Waals surface area contributed by atoms with Gasteiger partial charge in [0.25, 0.3) is 11.8 Å². The van der Waals surface area contributed by atoms with Crippen LogP contribution < -0.4 is 0 Å². The second-order valence-electron chi connectivity index (χ2n) is 9.60. The summed E-state index contributed by atoms with van der Waals surface area (Å²) in [5.41, 5.74) is 4.23. The molecule has 180 valence electrons. The SMILES string of the molecule is CCCN(C)C(=O)c1cc(C(=O)N(O)CC)c2c(c1)c1c(n2C)CCC(C2CCOCC2)C1. The van der Waals surface area contributed by atoms with Crippen LogP contribution in [-0.4, -0.2) is 64.9 Å². The van der Waals surface area contributed by atoms with E-state index in [1.165, 1.54) is 11.3 Å². The Balaban J connectivity index is 1.84. The molecule has 33 heavy (non-hydrogen) atoms. The monoisotopic (exact) mass is 455 g/mol. The van der Waals surface area contributed by atoms with Crippen molar-refractivity contribution in [2.24, 2.45) is 18.9 Å². The average molecular weight is 456 g/mol. The third-order valence-electron chi connectivity index (χ3n) is 7.59. The Bertz CT molecular complexity index is 1040. The lowest BCUT2D eigenvalue weighted by atomic mass is 9.75. The molecule has 1 atom stereocenters. The van der Waals surface area contributed by atoms with Crippen molar-refractivity contribution in [3.63, 3.8) is 0 Å².